The molecule has 0 unspecified atom stereocenters. The van der Waals surface area contributed by atoms with Gasteiger partial charge in [-0.05, 0) is 0 Å². The predicted octanol–water partition coefficient (Wildman–Crippen LogP) is 0.571. The normalized spacial score (nSPS) is 11.5. The number of hydrazone groups is 1. The molecule has 0 saturated carbocycles. The molecule has 1 heterocycles. The first-order valence-corrected chi connectivity index (χ1v) is 2.80. The Morgan fingerprint density at radius 2 is 2.45 bits per heavy atom. The van der Waals surface area contributed by atoms with Crippen molar-refractivity contribution in [3.05, 3.63) is 18.2 Å². The number of rotatable bonds is 2. The van der Waals surface area contributed by atoms with Crippen LogP contribution in [-0.2, 0) is 0 Å². The van der Waals surface area contributed by atoms with Crippen LogP contribution in [0.1, 0.15) is 12.4 Å². The van der Waals surface area contributed by atoms with Crippen LogP contribution in [0.15, 0.2) is 17.5 Å². The van der Waals surface area contributed by atoms with Gasteiger partial charge in [-0.25, -0.2) is 4.98 Å². The van der Waals surface area contributed by atoms with Gasteiger partial charge in [0, 0.05) is 12.4 Å². The lowest BCUT2D eigenvalue weighted by Gasteiger charge is -2.00. The quantitative estimate of drug-likeness (QED) is 0.390. The van der Waals surface area contributed by atoms with E-state index in [-0.39, 0.29) is 5.82 Å². The first-order valence-electron chi connectivity index (χ1n) is 2.80. The van der Waals surface area contributed by atoms with Gasteiger partial charge in [-0.3, -0.25) is 4.57 Å². The lowest BCUT2D eigenvalue weighted by atomic mass is 10.6. The lowest BCUT2D eigenvalue weighted by molar-refractivity contribution is 0.0697. The van der Waals surface area contributed by atoms with Crippen LogP contribution in [0, 0.1) is 0 Å². The monoisotopic (exact) mass is 160 g/mol. The molecule has 0 amide bonds. The van der Waals surface area contributed by atoms with E-state index in [4.69, 9.17) is 5.84 Å². The molecule has 0 bridgehead atoms. The highest BCUT2D eigenvalue weighted by molar-refractivity contribution is 5.74. The van der Waals surface area contributed by atoms with Gasteiger partial charge in [-0.1, -0.05) is 0 Å². The van der Waals surface area contributed by atoms with Crippen LogP contribution in [0.3, 0.4) is 0 Å². The molecule has 1 aromatic heterocycles. The van der Waals surface area contributed by atoms with Gasteiger partial charge in [-0.2, -0.15) is 13.9 Å². The Kier molecular flexibility index (Phi) is 2.15. The minimum absolute atomic E-state index is 0.0440. The molecule has 2 N–H and O–H groups in total. The van der Waals surface area contributed by atoms with E-state index in [0.717, 1.165) is 12.4 Å². The molecule has 60 valence electrons. The average molecular weight is 160 g/mol. The average Bonchev–Trinajstić information content (AvgIpc) is 2.36. The zero-order chi connectivity index (χ0) is 8.27. The number of hydrogen-bond donors (Lipinski definition) is 1. The molecule has 6 heteroatoms. The second-order valence-corrected chi connectivity index (χ2v) is 1.75. The summed E-state index contributed by atoms with van der Waals surface area (Å²) in [6.07, 6.45) is 3.47. The third-order valence-electron chi connectivity index (χ3n) is 1.10. The van der Waals surface area contributed by atoms with Crippen molar-refractivity contribution in [2.45, 2.75) is 6.55 Å². The van der Waals surface area contributed by atoms with Crippen molar-refractivity contribution in [3.63, 3.8) is 0 Å². The van der Waals surface area contributed by atoms with Gasteiger partial charge in [0.2, 0.25) is 0 Å². The summed E-state index contributed by atoms with van der Waals surface area (Å²) in [6.45, 7) is -2.61. The fourth-order valence-corrected chi connectivity index (χ4v) is 0.656. The zero-order valence-electron chi connectivity index (χ0n) is 5.48. The molecular formula is C5H6F2N4. The van der Waals surface area contributed by atoms with E-state index < -0.39 is 6.55 Å². The van der Waals surface area contributed by atoms with Gasteiger partial charge in [0.05, 0.1) is 6.21 Å². The zero-order valence-corrected chi connectivity index (χ0v) is 5.48. The van der Waals surface area contributed by atoms with Gasteiger partial charge in [-0.15, -0.1) is 0 Å². The number of nitrogens with two attached hydrogens (primary N) is 1. The summed E-state index contributed by atoms with van der Waals surface area (Å²) in [5.74, 6) is 4.80. The molecule has 0 aromatic carbocycles. The Balaban J connectivity index is 2.96. The maximum Gasteiger partial charge on any atom is 0.320 e. The minimum atomic E-state index is -2.61. The smallest absolute Gasteiger partial charge is 0.320 e. The third-order valence-corrected chi connectivity index (χ3v) is 1.10. The van der Waals surface area contributed by atoms with Crippen molar-refractivity contribution >= 4 is 6.21 Å². The molecule has 1 rings (SSSR count). The van der Waals surface area contributed by atoms with Crippen molar-refractivity contribution in [2.75, 3.05) is 0 Å². The highest BCUT2D eigenvalue weighted by atomic mass is 19.3. The number of imidazole rings is 1. The van der Waals surface area contributed by atoms with Crippen molar-refractivity contribution < 1.29 is 8.78 Å². The Morgan fingerprint density at radius 1 is 1.73 bits per heavy atom. The molecule has 0 aliphatic heterocycles. The van der Waals surface area contributed by atoms with E-state index in [1.165, 1.54) is 6.20 Å². The largest absolute Gasteiger partial charge is 0.323 e. The summed E-state index contributed by atoms with van der Waals surface area (Å²) >= 11 is 0. The Morgan fingerprint density at radius 3 is 3.00 bits per heavy atom. The molecule has 0 fully saturated rings. The van der Waals surface area contributed by atoms with Crippen LogP contribution in [-0.4, -0.2) is 15.8 Å². The van der Waals surface area contributed by atoms with Gasteiger partial charge >= 0.3 is 6.55 Å². The predicted molar refractivity (Wildman–Crippen MR) is 35.3 cm³/mol. The highest BCUT2D eigenvalue weighted by Crippen LogP contribution is 2.10. The lowest BCUT2D eigenvalue weighted by Crippen LogP contribution is -2.03. The topological polar surface area (TPSA) is 56.2 Å². The maximum atomic E-state index is 12.0. The Bertz CT molecular complexity index is 255. The fraction of sp³-hybridized carbons (Fsp3) is 0.200. The van der Waals surface area contributed by atoms with Crippen LogP contribution in [0.25, 0.3) is 0 Å². The molecule has 0 saturated heterocycles. The molecule has 11 heavy (non-hydrogen) atoms. The van der Waals surface area contributed by atoms with E-state index in [1.54, 1.807) is 0 Å². The number of halogens is 2. The molecule has 1 aromatic rings. The van der Waals surface area contributed by atoms with E-state index in [1.807, 2.05) is 0 Å². The fourth-order valence-electron chi connectivity index (χ4n) is 0.656. The third kappa shape index (κ3) is 1.51. The van der Waals surface area contributed by atoms with E-state index in [9.17, 15) is 8.78 Å². The van der Waals surface area contributed by atoms with Gasteiger partial charge in [0.25, 0.3) is 0 Å². The SMILES string of the molecule is N/N=C/c1nccn1C(F)F. The highest BCUT2D eigenvalue weighted by Gasteiger charge is 2.08. The van der Waals surface area contributed by atoms with Crippen molar-refractivity contribution in [1.82, 2.24) is 9.55 Å². The number of hydrogen-bond acceptors (Lipinski definition) is 3. The standard InChI is InChI=1S/C5H6F2N4/c6-5(7)11-2-1-9-4(11)3-10-8/h1-3,5H,8H2/b10-3+. The Hall–Kier alpha value is -1.46. The van der Waals surface area contributed by atoms with E-state index >= 15 is 0 Å². The molecule has 0 atom stereocenters. The maximum absolute atomic E-state index is 12.0. The second-order valence-electron chi connectivity index (χ2n) is 1.75. The summed E-state index contributed by atoms with van der Waals surface area (Å²) < 4.78 is 24.7. The van der Waals surface area contributed by atoms with Crippen LogP contribution >= 0.6 is 0 Å². The summed E-state index contributed by atoms with van der Waals surface area (Å²) in [7, 11) is 0. The minimum Gasteiger partial charge on any atom is -0.323 e. The number of nitrogens with zero attached hydrogens (tertiary/aromatic N) is 3. The Labute approximate surface area is 61.3 Å². The molecule has 4 nitrogen and oxygen atoms in total. The number of alkyl halides is 2. The van der Waals surface area contributed by atoms with E-state index in [2.05, 4.69) is 10.1 Å². The van der Waals surface area contributed by atoms with Gasteiger partial charge in [0.15, 0.2) is 5.82 Å². The second kappa shape index (κ2) is 3.09. The molecule has 0 aliphatic rings. The summed E-state index contributed by atoms with van der Waals surface area (Å²) in [5, 5.41) is 3.08. The first-order chi connectivity index (χ1) is 5.25. The van der Waals surface area contributed by atoms with Crippen LogP contribution < -0.4 is 5.84 Å². The van der Waals surface area contributed by atoms with E-state index in [0.29, 0.717) is 4.57 Å². The van der Waals surface area contributed by atoms with Gasteiger partial charge < -0.3 is 5.84 Å². The molecular weight excluding hydrogens is 154 g/mol. The summed E-state index contributed by atoms with van der Waals surface area (Å²) in [6, 6.07) is 0. The van der Waals surface area contributed by atoms with Crippen molar-refractivity contribution in [3.8, 4) is 0 Å². The van der Waals surface area contributed by atoms with Crippen LogP contribution in [0.5, 0.6) is 0 Å². The molecule has 0 spiro atoms. The van der Waals surface area contributed by atoms with Gasteiger partial charge in [0.1, 0.15) is 0 Å². The molecule has 0 radical (unpaired) electrons. The van der Waals surface area contributed by atoms with Crippen molar-refractivity contribution in [1.29, 1.82) is 0 Å². The van der Waals surface area contributed by atoms with Crippen LogP contribution in [0.2, 0.25) is 0 Å². The van der Waals surface area contributed by atoms with Crippen molar-refractivity contribution in [2.24, 2.45) is 10.9 Å². The first kappa shape index (κ1) is 7.64. The number of aromatic nitrogens is 2. The summed E-state index contributed by atoms with van der Waals surface area (Å²) in [4.78, 5) is 3.58. The molecule has 0 aliphatic carbocycles. The summed E-state index contributed by atoms with van der Waals surface area (Å²) in [5.41, 5.74) is 0. The van der Waals surface area contributed by atoms with Crippen LogP contribution in [0.4, 0.5) is 8.78 Å².